The van der Waals surface area contributed by atoms with Gasteiger partial charge in [0.15, 0.2) is 0 Å². The van der Waals surface area contributed by atoms with E-state index in [9.17, 15) is 13.2 Å². The van der Waals surface area contributed by atoms with E-state index in [1.54, 1.807) is 37.4 Å². The van der Waals surface area contributed by atoms with Gasteiger partial charge in [0.25, 0.3) is 0 Å². The molecular weight excluding hydrogens is 340 g/mol. The van der Waals surface area contributed by atoms with Crippen molar-refractivity contribution in [3.05, 3.63) is 30.3 Å². The van der Waals surface area contributed by atoms with E-state index in [-0.39, 0.29) is 17.9 Å². The number of rotatable bonds is 4. The van der Waals surface area contributed by atoms with E-state index >= 15 is 0 Å². The molecule has 2 aliphatic rings. The summed E-state index contributed by atoms with van der Waals surface area (Å²) >= 11 is 0. The molecule has 138 valence electrons. The van der Waals surface area contributed by atoms with Crippen LogP contribution in [0.5, 0.6) is 0 Å². The Kier molecular flexibility index (Phi) is 5.76. The number of carbonyl (C=O) groups excluding carboxylic acids is 1. The molecule has 2 saturated heterocycles. The monoisotopic (exact) mass is 366 g/mol. The summed E-state index contributed by atoms with van der Waals surface area (Å²) in [5.74, 6) is 0.104. The van der Waals surface area contributed by atoms with Gasteiger partial charge in [-0.15, -0.1) is 0 Å². The lowest BCUT2D eigenvalue weighted by atomic mass is 9.95. The fourth-order valence-electron chi connectivity index (χ4n) is 3.65. The van der Waals surface area contributed by atoms with Crippen molar-refractivity contribution in [1.29, 1.82) is 0 Å². The van der Waals surface area contributed by atoms with E-state index in [2.05, 4.69) is 0 Å². The quantitative estimate of drug-likeness (QED) is 0.814. The van der Waals surface area contributed by atoms with Crippen LogP contribution in [0.25, 0.3) is 0 Å². The van der Waals surface area contributed by atoms with Crippen molar-refractivity contribution in [3.63, 3.8) is 0 Å². The number of nitrogens with zero attached hydrogens (tertiary/aromatic N) is 2. The maximum Gasteiger partial charge on any atom is 0.243 e. The Morgan fingerprint density at radius 1 is 1.00 bits per heavy atom. The van der Waals surface area contributed by atoms with Gasteiger partial charge in [-0.25, -0.2) is 8.42 Å². The summed E-state index contributed by atoms with van der Waals surface area (Å²) in [5.41, 5.74) is 0. The molecule has 0 radical (unpaired) electrons. The molecule has 0 spiro atoms. The van der Waals surface area contributed by atoms with Crippen LogP contribution in [0.2, 0.25) is 0 Å². The van der Waals surface area contributed by atoms with E-state index in [1.165, 1.54) is 4.31 Å². The molecular formula is C18H26N2O4S. The summed E-state index contributed by atoms with van der Waals surface area (Å²) in [7, 11) is -1.74. The highest BCUT2D eigenvalue weighted by Gasteiger charge is 2.34. The third-order valence-corrected chi connectivity index (χ3v) is 7.18. The Morgan fingerprint density at radius 2 is 1.60 bits per heavy atom. The van der Waals surface area contributed by atoms with Crippen molar-refractivity contribution >= 4 is 15.9 Å². The standard InChI is InChI=1S/C18H26N2O4S/c1-24-16-9-11-19(12-10-16)18(21)15-7-13-20(14-8-15)25(22,23)17-5-3-2-4-6-17/h2-6,15-16H,7-14H2,1H3. The summed E-state index contributed by atoms with van der Waals surface area (Å²) in [4.78, 5) is 14.9. The minimum absolute atomic E-state index is 0.0682. The minimum atomic E-state index is -3.45. The first-order valence-electron chi connectivity index (χ1n) is 8.89. The highest BCUT2D eigenvalue weighted by molar-refractivity contribution is 7.89. The molecule has 0 atom stereocenters. The molecule has 3 rings (SSSR count). The highest BCUT2D eigenvalue weighted by atomic mass is 32.2. The number of ether oxygens (including phenoxy) is 1. The molecule has 0 aromatic heterocycles. The number of hydrogen-bond acceptors (Lipinski definition) is 4. The summed E-state index contributed by atoms with van der Waals surface area (Å²) in [5, 5.41) is 0. The first kappa shape index (κ1) is 18.4. The first-order chi connectivity index (χ1) is 12.0. The molecule has 7 heteroatoms. The fourth-order valence-corrected chi connectivity index (χ4v) is 5.15. The molecule has 0 saturated carbocycles. The number of likely N-dealkylation sites (tertiary alicyclic amines) is 1. The van der Waals surface area contributed by atoms with E-state index < -0.39 is 10.0 Å². The predicted molar refractivity (Wildman–Crippen MR) is 94.5 cm³/mol. The molecule has 2 fully saturated rings. The van der Waals surface area contributed by atoms with E-state index in [0.29, 0.717) is 30.8 Å². The van der Waals surface area contributed by atoms with Crippen molar-refractivity contribution in [2.24, 2.45) is 5.92 Å². The maximum absolute atomic E-state index is 12.7. The molecule has 1 aromatic carbocycles. The topological polar surface area (TPSA) is 66.9 Å². The third-order valence-electron chi connectivity index (χ3n) is 5.27. The summed E-state index contributed by atoms with van der Waals surface area (Å²) < 4.78 is 32.2. The molecule has 25 heavy (non-hydrogen) atoms. The van der Waals surface area contributed by atoms with Gasteiger partial charge in [-0.2, -0.15) is 4.31 Å². The third kappa shape index (κ3) is 4.04. The van der Waals surface area contributed by atoms with Crippen LogP contribution in [0.1, 0.15) is 25.7 Å². The van der Waals surface area contributed by atoms with Crippen LogP contribution >= 0.6 is 0 Å². The fraction of sp³-hybridized carbons (Fsp3) is 0.611. The van der Waals surface area contributed by atoms with Gasteiger partial charge in [0.05, 0.1) is 11.0 Å². The zero-order chi connectivity index (χ0) is 17.9. The van der Waals surface area contributed by atoms with Gasteiger partial charge >= 0.3 is 0 Å². The molecule has 0 bridgehead atoms. The number of methoxy groups -OCH3 is 1. The summed E-state index contributed by atoms with van der Waals surface area (Å²) in [6.07, 6.45) is 3.19. The molecule has 2 aliphatic heterocycles. The van der Waals surface area contributed by atoms with Gasteiger partial charge in [0.1, 0.15) is 0 Å². The second kappa shape index (κ2) is 7.85. The maximum atomic E-state index is 12.7. The van der Waals surface area contributed by atoms with Gasteiger partial charge in [0.2, 0.25) is 15.9 Å². The van der Waals surface area contributed by atoms with E-state index in [0.717, 1.165) is 25.9 Å². The van der Waals surface area contributed by atoms with Crippen LogP contribution in [-0.4, -0.2) is 62.9 Å². The van der Waals surface area contributed by atoms with Gasteiger partial charge in [-0.05, 0) is 37.8 Å². The highest BCUT2D eigenvalue weighted by Crippen LogP contribution is 2.26. The average molecular weight is 366 g/mol. The van der Waals surface area contributed by atoms with Crippen molar-refractivity contribution in [2.45, 2.75) is 36.7 Å². The molecule has 0 unspecified atom stereocenters. The van der Waals surface area contributed by atoms with Crippen LogP contribution in [-0.2, 0) is 19.6 Å². The first-order valence-corrected chi connectivity index (χ1v) is 10.3. The Hall–Kier alpha value is -1.44. The van der Waals surface area contributed by atoms with Crippen LogP contribution < -0.4 is 0 Å². The van der Waals surface area contributed by atoms with Gasteiger partial charge in [-0.1, -0.05) is 18.2 Å². The Balaban J connectivity index is 1.56. The minimum Gasteiger partial charge on any atom is -0.381 e. The summed E-state index contributed by atoms with van der Waals surface area (Å²) in [6, 6.07) is 8.50. The second-order valence-electron chi connectivity index (χ2n) is 6.75. The van der Waals surface area contributed by atoms with Crippen molar-refractivity contribution in [2.75, 3.05) is 33.3 Å². The number of carbonyl (C=O) groups is 1. The van der Waals surface area contributed by atoms with Gasteiger partial charge in [-0.3, -0.25) is 4.79 Å². The second-order valence-corrected chi connectivity index (χ2v) is 8.69. The number of amides is 1. The van der Waals surface area contributed by atoms with Crippen molar-refractivity contribution in [1.82, 2.24) is 9.21 Å². The van der Waals surface area contributed by atoms with Crippen LogP contribution in [0.4, 0.5) is 0 Å². The Morgan fingerprint density at radius 3 is 2.16 bits per heavy atom. The van der Waals surface area contributed by atoms with Crippen LogP contribution in [0.3, 0.4) is 0 Å². The molecule has 6 nitrogen and oxygen atoms in total. The number of sulfonamides is 1. The van der Waals surface area contributed by atoms with Crippen LogP contribution in [0.15, 0.2) is 35.2 Å². The zero-order valence-corrected chi connectivity index (χ0v) is 15.5. The van der Waals surface area contributed by atoms with Crippen molar-refractivity contribution in [3.8, 4) is 0 Å². The van der Waals surface area contributed by atoms with Crippen molar-refractivity contribution < 1.29 is 17.9 Å². The Labute approximate surface area is 149 Å². The summed E-state index contributed by atoms with van der Waals surface area (Å²) in [6.45, 7) is 2.28. The SMILES string of the molecule is COC1CCN(C(=O)C2CCN(S(=O)(=O)c3ccccc3)CC2)CC1. The Bertz CT molecular complexity index is 676. The molecule has 2 heterocycles. The average Bonchev–Trinajstić information content (AvgIpc) is 2.68. The normalized spacial score (nSPS) is 21.4. The molecule has 0 N–H and O–H groups in total. The molecule has 1 aromatic rings. The lowest BCUT2D eigenvalue weighted by Crippen LogP contribution is -2.47. The number of piperidine rings is 2. The lowest BCUT2D eigenvalue weighted by Gasteiger charge is -2.36. The van der Waals surface area contributed by atoms with Gasteiger partial charge in [0, 0.05) is 39.2 Å². The van der Waals surface area contributed by atoms with Gasteiger partial charge < -0.3 is 9.64 Å². The smallest absolute Gasteiger partial charge is 0.243 e. The lowest BCUT2D eigenvalue weighted by molar-refractivity contribution is -0.139. The molecule has 0 aliphatic carbocycles. The number of hydrogen-bond donors (Lipinski definition) is 0. The zero-order valence-electron chi connectivity index (χ0n) is 14.6. The number of benzene rings is 1. The van der Waals surface area contributed by atoms with E-state index in [1.807, 2.05) is 4.90 Å². The predicted octanol–water partition coefficient (Wildman–Crippen LogP) is 1.72. The van der Waals surface area contributed by atoms with E-state index in [4.69, 9.17) is 4.74 Å². The largest absolute Gasteiger partial charge is 0.381 e. The van der Waals surface area contributed by atoms with Crippen LogP contribution in [0, 0.1) is 5.92 Å². The molecule has 1 amide bonds.